The van der Waals surface area contributed by atoms with Crippen LogP contribution in [0.25, 0.3) is 0 Å². The molecule has 86 valence electrons. The summed E-state index contributed by atoms with van der Waals surface area (Å²) in [7, 11) is -3.15. The largest absolute Gasteiger partial charge is 0.224 e. The van der Waals surface area contributed by atoms with Crippen LogP contribution >= 0.6 is 15.9 Å². The molecule has 0 bridgehead atoms. The molecule has 0 amide bonds. The fraction of sp³-hybridized carbons (Fsp3) is 0.364. The molecule has 1 unspecified atom stereocenters. The Morgan fingerprint density at radius 2 is 1.94 bits per heavy atom. The number of rotatable bonds is 4. The van der Waals surface area contributed by atoms with E-state index in [1.165, 1.54) is 0 Å². The molecule has 3 nitrogen and oxygen atoms in total. The molecule has 0 heterocycles. The van der Waals surface area contributed by atoms with Crippen LogP contribution < -0.4 is 0 Å². The van der Waals surface area contributed by atoms with Gasteiger partial charge in [0.2, 0.25) is 0 Å². The lowest BCUT2D eigenvalue weighted by atomic mass is 10.0. The van der Waals surface area contributed by atoms with Crippen LogP contribution in [0.5, 0.6) is 0 Å². The number of alkyl halides is 1. The third kappa shape index (κ3) is 2.83. The molecule has 0 aliphatic heterocycles. The van der Waals surface area contributed by atoms with E-state index in [2.05, 4.69) is 22.0 Å². The zero-order valence-electron chi connectivity index (χ0n) is 8.85. The Bertz CT molecular complexity index is 488. The number of halogens is 1. The first-order chi connectivity index (χ1) is 7.55. The average molecular weight is 302 g/mol. The third-order valence-electron chi connectivity index (χ3n) is 2.33. The second-order valence-corrected chi connectivity index (χ2v) is 6.23. The molecule has 0 saturated carbocycles. The summed E-state index contributed by atoms with van der Waals surface area (Å²) in [4.78, 5) is 0.310. The van der Waals surface area contributed by atoms with Gasteiger partial charge in [-0.1, -0.05) is 35.0 Å². The third-order valence-corrected chi connectivity index (χ3v) is 4.73. The van der Waals surface area contributed by atoms with Crippen LogP contribution in [0.1, 0.15) is 18.4 Å². The van der Waals surface area contributed by atoms with Crippen LogP contribution in [-0.2, 0) is 9.84 Å². The lowest BCUT2D eigenvalue weighted by molar-refractivity contribution is 0.597. The summed E-state index contributed by atoms with van der Waals surface area (Å²) < 4.78 is 23.1. The summed E-state index contributed by atoms with van der Waals surface area (Å²) in [6.07, 6.45) is 0. The fourth-order valence-corrected chi connectivity index (χ4v) is 2.67. The van der Waals surface area contributed by atoms with E-state index in [0.29, 0.717) is 10.2 Å². The van der Waals surface area contributed by atoms with Crippen molar-refractivity contribution in [2.45, 2.75) is 17.7 Å². The van der Waals surface area contributed by atoms with Gasteiger partial charge >= 0.3 is 0 Å². The van der Waals surface area contributed by atoms with E-state index in [1.54, 1.807) is 31.2 Å². The van der Waals surface area contributed by atoms with Crippen molar-refractivity contribution in [3.05, 3.63) is 29.8 Å². The van der Waals surface area contributed by atoms with Crippen LogP contribution in [0.15, 0.2) is 29.2 Å². The maximum Gasteiger partial charge on any atom is 0.178 e. The van der Waals surface area contributed by atoms with Gasteiger partial charge in [0.15, 0.2) is 9.84 Å². The molecule has 0 aromatic heterocycles. The van der Waals surface area contributed by atoms with Gasteiger partial charge in [-0.05, 0) is 17.7 Å². The van der Waals surface area contributed by atoms with Crippen LogP contribution in [0, 0.1) is 11.3 Å². The minimum absolute atomic E-state index is 0.0898. The smallest absolute Gasteiger partial charge is 0.178 e. The van der Waals surface area contributed by atoms with E-state index in [1.807, 2.05) is 0 Å². The second-order valence-electron chi connectivity index (χ2n) is 3.31. The summed E-state index contributed by atoms with van der Waals surface area (Å²) >= 11 is 3.24. The van der Waals surface area contributed by atoms with E-state index in [0.717, 1.165) is 5.56 Å². The van der Waals surface area contributed by atoms with Crippen molar-refractivity contribution in [1.82, 2.24) is 0 Å². The molecule has 0 aliphatic carbocycles. The molecule has 0 aliphatic rings. The zero-order chi connectivity index (χ0) is 12.2. The summed E-state index contributed by atoms with van der Waals surface area (Å²) in [6, 6.07) is 8.64. The van der Waals surface area contributed by atoms with E-state index in [-0.39, 0.29) is 11.7 Å². The minimum Gasteiger partial charge on any atom is -0.224 e. The lowest BCUT2D eigenvalue weighted by Gasteiger charge is -2.06. The van der Waals surface area contributed by atoms with Gasteiger partial charge in [-0.2, -0.15) is 5.26 Å². The zero-order valence-corrected chi connectivity index (χ0v) is 11.3. The average Bonchev–Trinajstić information content (AvgIpc) is 2.31. The standard InChI is InChI=1S/C11H12BrNO2S/c1-2-16(14,15)11-5-3-9(4-6-11)10(7-12)8-13/h3-6,10H,2,7H2,1H3. The number of benzene rings is 1. The fourth-order valence-electron chi connectivity index (χ4n) is 1.27. The maximum absolute atomic E-state index is 11.5. The van der Waals surface area contributed by atoms with E-state index in [4.69, 9.17) is 5.26 Å². The Balaban J connectivity index is 3.06. The number of nitriles is 1. The molecule has 0 N–H and O–H groups in total. The lowest BCUT2D eigenvalue weighted by Crippen LogP contribution is -2.04. The van der Waals surface area contributed by atoms with Crippen LogP contribution in [0.4, 0.5) is 0 Å². The summed E-state index contributed by atoms with van der Waals surface area (Å²) in [5.74, 6) is -0.148. The van der Waals surface area contributed by atoms with Gasteiger partial charge in [0.25, 0.3) is 0 Å². The highest BCUT2D eigenvalue weighted by atomic mass is 79.9. The van der Waals surface area contributed by atoms with Gasteiger partial charge in [0.1, 0.15) is 0 Å². The summed E-state index contributed by atoms with van der Waals surface area (Å²) in [6.45, 7) is 1.61. The monoisotopic (exact) mass is 301 g/mol. The van der Waals surface area contributed by atoms with Gasteiger partial charge < -0.3 is 0 Å². The molecule has 1 rings (SSSR count). The topological polar surface area (TPSA) is 57.9 Å². The van der Waals surface area contributed by atoms with Crippen LogP contribution in [0.3, 0.4) is 0 Å². The van der Waals surface area contributed by atoms with Crippen molar-refractivity contribution in [2.24, 2.45) is 0 Å². The van der Waals surface area contributed by atoms with Crippen molar-refractivity contribution in [1.29, 1.82) is 5.26 Å². The Kier molecular flexibility index (Phi) is 4.51. The number of hydrogen-bond acceptors (Lipinski definition) is 3. The SMILES string of the molecule is CCS(=O)(=O)c1ccc(C(C#N)CBr)cc1. The molecule has 0 radical (unpaired) electrons. The Morgan fingerprint density at radius 1 is 1.38 bits per heavy atom. The molecule has 1 aromatic carbocycles. The molecule has 0 spiro atoms. The van der Waals surface area contributed by atoms with Crippen molar-refractivity contribution in [2.75, 3.05) is 11.1 Å². The van der Waals surface area contributed by atoms with E-state index >= 15 is 0 Å². The first kappa shape index (κ1) is 13.2. The molecular weight excluding hydrogens is 290 g/mol. The highest BCUT2D eigenvalue weighted by Gasteiger charge is 2.13. The van der Waals surface area contributed by atoms with Crippen LogP contribution in [-0.4, -0.2) is 19.5 Å². The molecule has 1 aromatic rings. The van der Waals surface area contributed by atoms with Gasteiger partial charge in [0, 0.05) is 5.33 Å². The Hall–Kier alpha value is -0.860. The van der Waals surface area contributed by atoms with Gasteiger partial charge in [0.05, 0.1) is 22.6 Å². The number of sulfone groups is 1. The Morgan fingerprint density at radius 3 is 2.31 bits per heavy atom. The molecule has 5 heteroatoms. The summed E-state index contributed by atoms with van der Waals surface area (Å²) in [5, 5.41) is 9.40. The van der Waals surface area contributed by atoms with Crippen molar-refractivity contribution in [3.63, 3.8) is 0 Å². The maximum atomic E-state index is 11.5. The van der Waals surface area contributed by atoms with Crippen molar-refractivity contribution in [3.8, 4) is 6.07 Å². The molecule has 16 heavy (non-hydrogen) atoms. The molecular formula is C11H12BrNO2S. The molecule has 0 saturated heterocycles. The Labute approximate surface area is 104 Å². The number of nitrogens with zero attached hydrogens (tertiary/aromatic N) is 1. The first-order valence-electron chi connectivity index (χ1n) is 4.83. The predicted octanol–water partition coefficient (Wildman–Crippen LogP) is 2.48. The molecule has 0 fully saturated rings. The number of hydrogen-bond donors (Lipinski definition) is 0. The minimum atomic E-state index is -3.15. The highest BCUT2D eigenvalue weighted by Crippen LogP contribution is 2.20. The second kappa shape index (κ2) is 5.46. The van der Waals surface area contributed by atoms with Gasteiger partial charge in [-0.3, -0.25) is 0 Å². The predicted molar refractivity (Wildman–Crippen MR) is 66.3 cm³/mol. The van der Waals surface area contributed by atoms with Crippen LogP contribution in [0.2, 0.25) is 0 Å². The normalized spacial score (nSPS) is 13.1. The van der Waals surface area contributed by atoms with Crippen molar-refractivity contribution < 1.29 is 8.42 Å². The van der Waals surface area contributed by atoms with Gasteiger partial charge in [-0.25, -0.2) is 8.42 Å². The van der Waals surface area contributed by atoms with Crippen molar-refractivity contribution >= 4 is 25.8 Å². The summed E-state index contributed by atoms with van der Waals surface area (Å²) in [5.41, 5.74) is 0.828. The van der Waals surface area contributed by atoms with E-state index < -0.39 is 9.84 Å². The first-order valence-corrected chi connectivity index (χ1v) is 7.60. The molecule has 1 atom stereocenters. The van der Waals surface area contributed by atoms with Gasteiger partial charge in [-0.15, -0.1) is 0 Å². The van der Waals surface area contributed by atoms with E-state index in [9.17, 15) is 8.42 Å². The highest BCUT2D eigenvalue weighted by molar-refractivity contribution is 9.09. The quantitative estimate of drug-likeness (QED) is 0.803.